The monoisotopic (exact) mass is 124 g/mol. The number of carbonyl (C=O) groups is 1. The quantitative estimate of drug-likeness (QED) is 0.492. The average molecular weight is 125 g/mol. The van der Waals surface area contributed by atoms with Crippen LogP contribution in [0.1, 0.15) is 0 Å². The van der Waals surface area contributed by atoms with Crippen molar-refractivity contribution in [2.75, 3.05) is 0 Å². The second kappa shape index (κ2) is 9.07. The van der Waals surface area contributed by atoms with Crippen molar-refractivity contribution in [3.8, 4) is 0 Å². The summed E-state index contributed by atoms with van der Waals surface area (Å²) in [6.45, 7) is 3.09. The molecule has 0 aliphatic carbocycles. The first-order valence-electron chi connectivity index (χ1n) is 1.19. The topological polar surface area (TPSA) is 78.1 Å². The molecule has 0 radical (unpaired) electrons. The van der Waals surface area contributed by atoms with Crippen LogP contribution in [-0.4, -0.2) is 5.91 Å². The summed E-state index contributed by atoms with van der Waals surface area (Å²) >= 11 is 0. The van der Waals surface area contributed by atoms with Crippen molar-refractivity contribution in [2.45, 2.75) is 0 Å². The molecule has 5 N–H and O–H groups in total. The molecule has 44 valence electrons. The van der Waals surface area contributed by atoms with Gasteiger partial charge in [0.15, 0.2) is 0 Å². The largest absolute Gasteiger partial charge is 0.366 e. The predicted octanol–water partition coefficient (Wildman–Crippen LogP) is 0.242. The van der Waals surface area contributed by atoms with Crippen molar-refractivity contribution >= 4 is 18.3 Å². The van der Waals surface area contributed by atoms with E-state index in [4.69, 9.17) is 0 Å². The number of primary amides is 1. The summed E-state index contributed by atoms with van der Waals surface area (Å²) in [5.74, 6) is -0.481. The van der Waals surface area contributed by atoms with Gasteiger partial charge in [-0.25, -0.2) is 0 Å². The molecule has 0 atom stereocenters. The van der Waals surface area contributed by atoms with Crippen LogP contribution in [-0.2, 0) is 4.79 Å². The second-order valence-corrected chi connectivity index (χ2v) is 0.606. The van der Waals surface area contributed by atoms with Crippen molar-refractivity contribution in [1.82, 2.24) is 6.15 Å². The third-order valence-electron chi connectivity index (χ3n) is 0.201. The van der Waals surface area contributed by atoms with E-state index in [0.717, 1.165) is 6.08 Å². The Morgan fingerprint density at radius 1 is 1.71 bits per heavy atom. The maximum atomic E-state index is 9.47. The molecule has 7 heavy (non-hydrogen) atoms. The van der Waals surface area contributed by atoms with Crippen molar-refractivity contribution in [2.24, 2.45) is 5.73 Å². The highest BCUT2D eigenvalue weighted by atomic mass is 35.5. The molecule has 0 aromatic carbocycles. The van der Waals surface area contributed by atoms with Gasteiger partial charge in [0, 0.05) is 0 Å². The zero-order valence-corrected chi connectivity index (χ0v) is 4.70. The maximum Gasteiger partial charge on any atom is 0.240 e. The van der Waals surface area contributed by atoms with Crippen LogP contribution in [0.2, 0.25) is 0 Å². The maximum absolute atomic E-state index is 9.47. The Bertz CT molecular complexity index is 64.0. The van der Waals surface area contributed by atoms with Gasteiger partial charge in [0.2, 0.25) is 5.91 Å². The van der Waals surface area contributed by atoms with Crippen molar-refractivity contribution in [1.29, 1.82) is 0 Å². The Morgan fingerprint density at radius 3 is 1.86 bits per heavy atom. The van der Waals surface area contributed by atoms with Gasteiger partial charge >= 0.3 is 0 Å². The van der Waals surface area contributed by atoms with Gasteiger partial charge in [-0.15, -0.1) is 12.4 Å². The molecule has 0 saturated heterocycles. The Kier molecular flexibility index (Phi) is 20.8. The molecule has 0 fully saturated rings. The lowest BCUT2D eigenvalue weighted by atomic mass is 10.6. The standard InChI is InChI=1S/C3H5NO.ClH.H3N/c1-2-3(4)5;;/h2H,1H2,(H2,4,5);1H;1H3. The molecule has 1 amide bonds. The van der Waals surface area contributed by atoms with Crippen LogP contribution in [0.4, 0.5) is 0 Å². The molecule has 0 bridgehead atoms. The van der Waals surface area contributed by atoms with Crippen LogP contribution >= 0.6 is 12.4 Å². The van der Waals surface area contributed by atoms with Gasteiger partial charge in [-0.2, -0.15) is 0 Å². The minimum Gasteiger partial charge on any atom is -0.366 e. The number of amides is 1. The molecular formula is C3H9ClN2O. The highest BCUT2D eigenvalue weighted by Gasteiger charge is 1.69. The fourth-order valence-corrected chi connectivity index (χ4v) is 0. The van der Waals surface area contributed by atoms with Gasteiger partial charge in [-0.3, -0.25) is 4.79 Å². The van der Waals surface area contributed by atoms with Crippen LogP contribution in [0.3, 0.4) is 0 Å². The SMILES string of the molecule is C=CC(N)=O.Cl.N. The van der Waals surface area contributed by atoms with Crippen LogP contribution < -0.4 is 11.9 Å². The Morgan fingerprint density at radius 2 is 1.86 bits per heavy atom. The molecule has 0 aliphatic heterocycles. The third kappa shape index (κ3) is 30.7. The van der Waals surface area contributed by atoms with Crippen LogP contribution in [0.25, 0.3) is 0 Å². The summed E-state index contributed by atoms with van der Waals surface area (Å²) in [5.41, 5.74) is 4.53. The molecule has 0 saturated carbocycles. The lowest BCUT2D eigenvalue weighted by Crippen LogP contribution is -2.04. The molecule has 0 heterocycles. The summed E-state index contributed by atoms with van der Waals surface area (Å²) in [6, 6.07) is 0. The van der Waals surface area contributed by atoms with Crippen LogP contribution in [0.5, 0.6) is 0 Å². The molecule has 0 aliphatic rings. The number of hydrogen-bond donors (Lipinski definition) is 2. The van der Waals surface area contributed by atoms with Crippen molar-refractivity contribution in [3.05, 3.63) is 12.7 Å². The molecule has 0 rings (SSSR count). The van der Waals surface area contributed by atoms with E-state index >= 15 is 0 Å². The first kappa shape index (κ1) is 16.1. The van der Waals surface area contributed by atoms with Gasteiger partial charge in [-0.05, 0) is 6.08 Å². The van der Waals surface area contributed by atoms with Crippen LogP contribution in [0, 0.1) is 0 Å². The number of rotatable bonds is 1. The predicted molar refractivity (Wildman–Crippen MR) is 31.7 cm³/mol. The Balaban J connectivity index is -0.0000000800. The zero-order chi connectivity index (χ0) is 4.28. The fourth-order valence-electron chi connectivity index (χ4n) is 0. The summed E-state index contributed by atoms with van der Waals surface area (Å²) in [4.78, 5) is 9.47. The molecule has 3 nitrogen and oxygen atoms in total. The number of hydrogen-bond acceptors (Lipinski definition) is 2. The fraction of sp³-hybridized carbons (Fsp3) is 0. The highest BCUT2D eigenvalue weighted by molar-refractivity contribution is 5.85. The highest BCUT2D eigenvalue weighted by Crippen LogP contribution is 1.48. The van der Waals surface area contributed by atoms with Crippen molar-refractivity contribution in [3.63, 3.8) is 0 Å². The second-order valence-electron chi connectivity index (χ2n) is 0.606. The molecule has 0 unspecified atom stereocenters. The number of nitrogens with two attached hydrogens (primary N) is 1. The van der Waals surface area contributed by atoms with Gasteiger partial charge in [-0.1, -0.05) is 6.58 Å². The Hall–Kier alpha value is -0.540. The van der Waals surface area contributed by atoms with Gasteiger partial charge < -0.3 is 11.9 Å². The lowest BCUT2D eigenvalue weighted by molar-refractivity contribution is -0.113. The molecule has 0 aromatic heterocycles. The number of carbonyl (C=O) groups excluding carboxylic acids is 1. The first-order valence-corrected chi connectivity index (χ1v) is 1.19. The first-order chi connectivity index (χ1) is 2.27. The van der Waals surface area contributed by atoms with Crippen LogP contribution in [0.15, 0.2) is 12.7 Å². The Labute approximate surface area is 48.6 Å². The van der Waals surface area contributed by atoms with E-state index in [1.807, 2.05) is 0 Å². The van der Waals surface area contributed by atoms with E-state index in [2.05, 4.69) is 12.3 Å². The summed E-state index contributed by atoms with van der Waals surface area (Å²) < 4.78 is 0. The molecular weight excluding hydrogens is 115 g/mol. The molecule has 4 heteroatoms. The van der Waals surface area contributed by atoms with Gasteiger partial charge in [0.25, 0.3) is 0 Å². The normalized spacial score (nSPS) is 4.57. The summed E-state index contributed by atoms with van der Waals surface area (Å²) in [6.07, 6.45) is 1.06. The summed E-state index contributed by atoms with van der Waals surface area (Å²) in [7, 11) is 0. The van der Waals surface area contributed by atoms with Gasteiger partial charge in [0.05, 0.1) is 0 Å². The number of halogens is 1. The minimum atomic E-state index is -0.481. The van der Waals surface area contributed by atoms with Crippen molar-refractivity contribution < 1.29 is 4.79 Å². The van der Waals surface area contributed by atoms with E-state index < -0.39 is 5.91 Å². The third-order valence-corrected chi connectivity index (χ3v) is 0.201. The average Bonchev–Trinajstić information content (AvgIpc) is 1.38. The smallest absolute Gasteiger partial charge is 0.240 e. The minimum absolute atomic E-state index is 0. The lowest BCUT2D eigenvalue weighted by Gasteiger charge is -1.65. The van der Waals surface area contributed by atoms with E-state index in [1.54, 1.807) is 0 Å². The van der Waals surface area contributed by atoms with E-state index in [1.165, 1.54) is 0 Å². The van der Waals surface area contributed by atoms with E-state index in [0.29, 0.717) is 0 Å². The van der Waals surface area contributed by atoms with E-state index in [9.17, 15) is 4.79 Å². The van der Waals surface area contributed by atoms with Gasteiger partial charge in [0.1, 0.15) is 0 Å². The molecule has 0 aromatic rings. The molecule has 0 spiro atoms. The zero-order valence-electron chi connectivity index (χ0n) is 3.89. The van der Waals surface area contributed by atoms with E-state index in [-0.39, 0.29) is 18.6 Å². The summed E-state index contributed by atoms with van der Waals surface area (Å²) in [5, 5.41) is 0.